The zero-order valence-corrected chi connectivity index (χ0v) is 8.25. The third-order valence-electron chi connectivity index (χ3n) is 0. The predicted molar refractivity (Wildman–Crippen MR) is 46.6 cm³/mol. The zero-order chi connectivity index (χ0) is 0. The Morgan fingerprint density at radius 3 is 0.333 bits per heavy atom. The van der Waals surface area contributed by atoms with E-state index in [1.165, 1.54) is 0 Å². The van der Waals surface area contributed by atoms with Crippen LogP contribution in [0.2, 0.25) is 0 Å². The van der Waals surface area contributed by atoms with E-state index in [0.717, 1.165) is 0 Å². The Balaban J connectivity index is 0. The Labute approximate surface area is 78.6 Å². The fourth-order valence-electron chi connectivity index (χ4n) is 0. The van der Waals surface area contributed by atoms with E-state index in [0.29, 0.717) is 0 Å². The maximum Gasteiger partial charge on any atom is -0.114 e. The Morgan fingerprint density at radius 2 is 0.333 bits per heavy atom. The van der Waals surface area contributed by atoms with Gasteiger partial charge in [0.1, 0.15) is 0 Å². The largest absolute Gasteiger partial charge is 0.147 e. The summed E-state index contributed by atoms with van der Waals surface area (Å²) in [7, 11) is 0. The smallest absolute Gasteiger partial charge is 0.114 e. The Kier molecular flexibility index (Phi) is 1110. The minimum atomic E-state index is 0. The molecule has 0 aromatic rings. The lowest BCUT2D eigenvalue weighted by Gasteiger charge is -0.148. The molecule has 0 heterocycles. The van der Waals surface area contributed by atoms with Crippen molar-refractivity contribution >= 4 is 79.0 Å². The summed E-state index contributed by atoms with van der Waals surface area (Å²) < 4.78 is 0. The van der Waals surface area contributed by atoms with Crippen LogP contribution in [-0.2, 0) is 0 Å². The van der Waals surface area contributed by atoms with Gasteiger partial charge in [-0.2, -0.15) is 0 Å². The predicted octanol–water partition coefficient (Wildman–Crippen LogP) is 2.69. The fourth-order valence-corrected chi connectivity index (χ4v) is 0. The molecule has 0 spiro atoms. The first-order chi connectivity index (χ1) is 0. The van der Waals surface area contributed by atoms with Gasteiger partial charge in [-0.25, -0.2) is 0 Å². The molecule has 0 N–H and O–H groups in total. The molecule has 0 aliphatic heterocycles. The third-order valence-corrected chi connectivity index (χ3v) is 0. The van der Waals surface area contributed by atoms with Crippen molar-refractivity contribution in [3.05, 3.63) is 0 Å². The Bertz CT molecular complexity index is 3.90. The molecule has 0 saturated carbocycles. The lowest BCUT2D eigenvalue weighted by Crippen LogP contribution is 0.689. The molecule has 48 valence electrons. The Morgan fingerprint density at radius 1 is 0.333 bits per heavy atom. The van der Waals surface area contributed by atoms with Crippen LogP contribution in [-0.4, -0.2) is 0 Å². The monoisotopic (exact) mass is 260 g/mol. The minimum Gasteiger partial charge on any atom is -0.147 e. The second-order valence-electron chi connectivity index (χ2n) is 0. The van der Waals surface area contributed by atoms with Crippen LogP contribution in [0.25, 0.3) is 0 Å². The van der Waals surface area contributed by atoms with Gasteiger partial charge in [-0.3, -0.25) is 0 Å². The average molecular weight is 263 g/mol. The number of rotatable bonds is 0. The molecule has 0 aromatic heterocycles. The molecule has 0 aromatic carbocycles. The number of hydrogen-bond acceptors (Lipinski definition) is 0. The molecule has 0 atom stereocenters. The van der Waals surface area contributed by atoms with Crippen LogP contribution in [0, 0.1) is 0 Å². The van der Waals surface area contributed by atoms with Crippen molar-refractivity contribution in [2.24, 2.45) is 0 Å². The second kappa shape index (κ2) is 65.4. The van der Waals surface area contributed by atoms with E-state index in [4.69, 9.17) is 0 Å². The molecule has 0 aliphatic rings. The van der Waals surface area contributed by atoms with Crippen LogP contribution in [0.1, 0.15) is 0 Å². The van der Waals surface area contributed by atoms with Crippen LogP contribution < -0.4 is 0 Å². The van der Waals surface area contributed by atoms with Crippen molar-refractivity contribution < 1.29 is 0 Å². The van der Waals surface area contributed by atoms with E-state index in [1.807, 2.05) is 0 Å². The van der Waals surface area contributed by atoms with E-state index in [1.54, 1.807) is 0 Å². The highest BCUT2D eigenvalue weighted by atomic mass is 79.9. The summed E-state index contributed by atoms with van der Waals surface area (Å²) in [5.41, 5.74) is 0. The van der Waals surface area contributed by atoms with Crippen molar-refractivity contribution in [2.75, 3.05) is 0 Å². The summed E-state index contributed by atoms with van der Waals surface area (Å²) in [6, 6.07) is 0. The molecular weight excluding hydrogens is 257 g/mol. The van der Waals surface area contributed by atoms with Gasteiger partial charge < -0.3 is 0 Å². The normalized spacial score (nSPS) is 0. The summed E-state index contributed by atoms with van der Waals surface area (Å²) in [6.45, 7) is 0. The van der Waals surface area contributed by atoms with Gasteiger partial charge in [0.2, 0.25) is 0 Å². The van der Waals surface area contributed by atoms with Crippen molar-refractivity contribution in [2.45, 2.75) is 0 Å². The van der Waals surface area contributed by atoms with Crippen LogP contribution in [0.15, 0.2) is 0 Å². The SMILES string of the molecule is Br.Cl.Cl.Cl.Cl.Cl. The fraction of sp³-hybridized carbons (Fsp3) is 0. The zero-order valence-electron chi connectivity index (χ0n) is 2.45. The van der Waals surface area contributed by atoms with Gasteiger partial charge in [-0.05, 0) is 0 Å². The first-order valence-corrected chi connectivity index (χ1v) is 0. The minimum absolute atomic E-state index is 0. The molecule has 0 rings (SSSR count). The highest BCUT2D eigenvalue weighted by Crippen LogP contribution is 0.846. The van der Waals surface area contributed by atoms with Gasteiger partial charge >= 0.3 is 0 Å². The molecule has 0 bridgehead atoms. The average Bonchev–Trinajstić information content (AvgIpc) is 0. The van der Waals surface area contributed by atoms with Crippen molar-refractivity contribution in [3.63, 3.8) is 0 Å². The maximum absolute atomic E-state index is 0. The van der Waals surface area contributed by atoms with Crippen LogP contribution in [0.5, 0.6) is 0 Å². The quantitative estimate of drug-likeness (QED) is 0.630. The van der Waals surface area contributed by atoms with Gasteiger partial charge in [0.25, 0.3) is 0 Å². The topological polar surface area (TPSA) is 0 Å². The summed E-state index contributed by atoms with van der Waals surface area (Å²) in [5, 5.41) is 0. The van der Waals surface area contributed by atoms with E-state index in [9.17, 15) is 0 Å². The molecule has 0 saturated heterocycles. The molecule has 0 amide bonds. The maximum atomic E-state index is 0. The summed E-state index contributed by atoms with van der Waals surface area (Å²) in [4.78, 5) is 0. The molecule has 6 heavy (non-hydrogen) atoms. The van der Waals surface area contributed by atoms with Gasteiger partial charge in [-0.1, -0.05) is 0 Å². The van der Waals surface area contributed by atoms with Crippen molar-refractivity contribution in [1.29, 1.82) is 0 Å². The van der Waals surface area contributed by atoms with Gasteiger partial charge in [0.15, 0.2) is 0 Å². The molecule has 0 unspecified atom stereocenters. The first-order valence-electron chi connectivity index (χ1n) is 0. The van der Waals surface area contributed by atoms with E-state index in [2.05, 4.69) is 0 Å². The number of halogens is 6. The lowest BCUT2D eigenvalue weighted by atomic mass is 35.5. The highest BCUT2D eigenvalue weighted by molar-refractivity contribution is 8.93. The third kappa shape index (κ3) is 38.7. The molecule has 0 nitrogen and oxygen atoms in total. The second-order valence-corrected chi connectivity index (χ2v) is 0. The van der Waals surface area contributed by atoms with Gasteiger partial charge in [-0.15, -0.1) is 79.0 Å². The lowest BCUT2D eigenvalue weighted by molar-refractivity contribution is 5.85. The summed E-state index contributed by atoms with van der Waals surface area (Å²) in [5.74, 6) is 0. The first kappa shape index (κ1) is 102. The van der Waals surface area contributed by atoms with E-state index in [-0.39, 0.29) is 79.0 Å². The van der Waals surface area contributed by atoms with Gasteiger partial charge in [0, 0.05) is 0 Å². The highest BCUT2D eigenvalue weighted by Gasteiger charge is -0.113. The van der Waals surface area contributed by atoms with Crippen LogP contribution in [0.3, 0.4) is 0 Å². The molecule has 0 fully saturated rings. The summed E-state index contributed by atoms with van der Waals surface area (Å²) in [6.07, 6.45) is 0. The van der Waals surface area contributed by atoms with Crippen molar-refractivity contribution in [3.8, 4) is 0 Å². The van der Waals surface area contributed by atoms with Crippen LogP contribution in [0.4, 0.5) is 0 Å². The summed E-state index contributed by atoms with van der Waals surface area (Å²) >= 11 is 0. The molecule has 0 radical (unpaired) electrons. The van der Waals surface area contributed by atoms with E-state index < -0.39 is 0 Å². The molecule has 0 aliphatic carbocycles. The van der Waals surface area contributed by atoms with E-state index >= 15 is 0 Å². The molecule has 6 heteroatoms. The molecular formula is H6BrCl5. The Hall–Kier alpha value is 1.93. The van der Waals surface area contributed by atoms with Crippen LogP contribution >= 0.6 is 79.0 Å². The van der Waals surface area contributed by atoms with Crippen molar-refractivity contribution in [1.82, 2.24) is 0 Å². The number of hydrogen-bond donors (Lipinski definition) is 0. The standard InChI is InChI=1S/BrH.5ClH/h6*1H. The van der Waals surface area contributed by atoms with Gasteiger partial charge in [0.05, 0.1) is 0 Å².